The molecule has 2 N–H and O–H groups in total. The van der Waals surface area contributed by atoms with E-state index in [0.717, 1.165) is 6.42 Å². The number of nitrogens with two attached hydrogens (primary N) is 1. The Hall–Kier alpha value is -0.840. The number of hydrogen-bond acceptors (Lipinski definition) is 2. The third-order valence-corrected chi connectivity index (χ3v) is 4.39. The van der Waals surface area contributed by atoms with Crippen LogP contribution in [0, 0.1) is 18.2 Å². The van der Waals surface area contributed by atoms with Crippen molar-refractivity contribution in [1.82, 2.24) is 4.90 Å². The Morgan fingerprint density at radius 2 is 2.10 bits per heavy atom. The summed E-state index contributed by atoms with van der Waals surface area (Å²) in [6, 6.07) is 2.80. The van der Waals surface area contributed by atoms with Gasteiger partial charge in [-0.1, -0.05) is 25.4 Å². The van der Waals surface area contributed by atoms with E-state index in [4.69, 9.17) is 17.3 Å². The predicted octanol–water partition coefficient (Wildman–Crippen LogP) is 3.41. The van der Waals surface area contributed by atoms with Crippen LogP contribution in [0.2, 0.25) is 5.02 Å². The maximum absolute atomic E-state index is 13.4. The molecule has 0 aliphatic carbocycles. The van der Waals surface area contributed by atoms with Crippen molar-refractivity contribution in [2.24, 2.45) is 11.1 Å². The van der Waals surface area contributed by atoms with E-state index < -0.39 is 5.82 Å². The second kappa shape index (κ2) is 6.51. The Kier molecular flexibility index (Phi) is 5.64. The maximum atomic E-state index is 13.4. The van der Waals surface area contributed by atoms with E-state index in [0.29, 0.717) is 24.2 Å². The highest BCUT2D eigenvalue weighted by Crippen LogP contribution is 2.30. The molecule has 2 rings (SSSR count). The highest BCUT2D eigenvalue weighted by Gasteiger charge is 2.36. The first-order valence-corrected chi connectivity index (χ1v) is 7.10. The fourth-order valence-corrected chi connectivity index (χ4v) is 2.77. The first-order chi connectivity index (χ1) is 9.22. The summed E-state index contributed by atoms with van der Waals surface area (Å²) in [4.78, 5) is 14.3. The minimum atomic E-state index is -0.396. The first kappa shape index (κ1) is 18.2. The third kappa shape index (κ3) is 3.68. The molecule has 118 valence electrons. The molecule has 6 heteroatoms. The molecular formula is C15H21Cl2FN2O. The molecule has 3 nitrogen and oxygen atoms in total. The largest absolute Gasteiger partial charge is 0.338 e. The zero-order valence-electron chi connectivity index (χ0n) is 12.5. The van der Waals surface area contributed by atoms with Gasteiger partial charge < -0.3 is 10.6 Å². The fourth-order valence-electron chi connectivity index (χ4n) is 2.54. The third-order valence-electron chi connectivity index (χ3n) is 4.08. The summed E-state index contributed by atoms with van der Waals surface area (Å²) < 4.78 is 13.4. The van der Waals surface area contributed by atoms with Gasteiger partial charge in [0.25, 0.3) is 5.91 Å². The number of benzene rings is 1. The van der Waals surface area contributed by atoms with Crippen LogP contribution >= 0.6 is 24.0 Å². The maximum Gasteiger partial charge on any atom is 0.255 e. The second-order valence-electron chi connectivity index (χ2n) is 6.19. The van der Waals surface area contributed by atoms with E-state index in [9.17, 15) is 9.18 Å². The van der Waals surface area contributed by atoms with Crippen molar-refractivity contribution in [3.8, 4) is 0 Å². The zero-order valence-corrected chi connectivity index (χ0v) is 14.0. The molecule has 1 aliphatic rings. The molecule has 1 aromatic carbocycles. The second-order valence-corrected chi connectivity index (χ2v) is 6.60. The van der Waals surface area contributed by atoms with Crippen LogP contribution in [0.4, 0.5) is 4.39 Å². The lowest BCUT2D eigenvalue weighted by Gasteiger charge is -2.42. The van der Waals surface area contributed by atoms with Gasteiger partial charge in [0.05, 0.1) is 10.6 Å². The van der Waals surface area contributed by atoms with E-state index in [1.807, 2.05) is 0 Å². The minimum absolute atomic E-state index is 0. The summed E-state index contributed by atoms with van der Waals surface area (Å²) in [5, 5.41) is 0.158. The average molecular weight is 335 g/mol. The molecule has 1 atom stereocenters. The molecule has 21 heavy (non-hydrogen) atoms. The Labute approximate surface area is 136 Å². The number of piperidine rings is 1. The van der Waals surface area contributed by atoms with E-state index >= 15 is 0 Å². The van der Waals surface area contributed by atoms with Gasteiger partial charge in [0, 0.05) is 19.1 Å². The molecule has 0 saturated carbocycles. The molecular weight excluding hydrogens is 314 g/mol. The molecule has 1 amide bonds. The number of aryl methyl sites for hydroxylation is 1. The summed E-state index contributed by atoms with van der Waals surface area (Å²) in [5.41, 5.74) is 6.72. The smallest absolute Gasteiger partial charge is 0.255 e. The Morgan fingerprint density at radius 1 is 1.48 bits per heavy atom. The molecule has 1 unspecified atom stereocenters. The van der Waals surface area contributed by atoms with Crippen molar-refractivity contribution in [3.63, 3.8) is 0 Å². The lowest BCUT2D eigenvalue weighted by Crippen LogP contribution is -2.54. The number of halogens is 3. The summed E-state index contributed by atoms with van der Waals surface area (Å²) in [6.07, 6.45) is 0.760. The summed E-state index contributed by atoms with van der Waals surface area (Å²) >= 11 is 6.00. The highest BCUT2D eigenvalue weighted by molar-refractivity contribution is 6.33. The van der Waals surface area contributed by atoms with Crippen LogP contribution in [0.5, 0.6) is 0 Å². The number of carbonyl (C=O) groups excluding carboxylic acids is 1. The average Bonchev–Trinajstić information content (AvgIpc) is 2.36. The summed E-state index contributed by atoms with van der Waals surface area (Å²) in [5.74, 6) is -0.550. The van der Waals surface area contributed by atoms with Crippen LogP contribution in [0.15, 0.2) is 12.1 Å². The Balaban J connectivity index is 0.00000220. The molecule has 0 bridgehead atoms. The van der Waals surface area contributed by atoms with Crippen LogP contribution in [-0.4, -0.2) is 29.9 Å². The van der Waals surface area contributed by atoms with E-state index in [1.54, 1.807) is 11.8 Å². The number of rotatable bonds is 1. The van der Waals surface area contributed by atoms with Crippen LogP contribution in [0.1, 0.15) is 36.2 Å². The van der Waals surface area contributed by atoms with Gasteiger partial charge in [-0.25, -0.2) is 4.39 Å². The van der Waals surface area contributed by atoms with Gasteiger partial charge in [0.2, 0.25) is 0 Å². The van der Waals surface area contributed by atoms with Gasteiger partial charge in [-0.05, 0) is 36.5 Å². The standard InChI is InChI=1S/C15H20ClFN2O.ClH/c1-9-6-10(11(16)7-12(9)17)14(20)19-5-4-13(18)15(2,3)8-19;/h6-7,13H,4-5,8,18H2,1-3H3;1H. The number of likely N-dealkylation sites (tertiary alicyclic amines) is 1. The van der Waals surface area contributed by atoms with Crippen LogP contribution in [0.3, 0.4) is 0 Å². The molecule has 1 heterocycles. The molecule has 1 saturated heterocycles. The lowest BCUT2D eigenvalue weighted by molar-refractivity contribution is 0.0533. The van der Waals surface area contributed by atoms with Gasteiger partial charge in [0.15, 0.2) is 0 Å². The molecule has 0 radical (unpaired) electrons. The normalized spacial score (nSPS) is 20.9. The van der Waals surface area contributed by atoms with Gasteiger partial charge in [-0.3, -0.25) is 4.79 Å². The van der Waals surface area contributed by atoms with Crippen molar-refractivity contribution >= 4 is 29.9 Å². The monoisotopic (exact) mass is 334 g/mol. The number of carbonyl (C=O) groups is 1. The van der Waals surface area contributed by atoms with Gasteiger partial charge in [0.1, 0.15) is 5.82 Å². The Morgan fingerprint density at radius 3 is 2.67 bits per heavy atom. The lowest BCUT2D eigenvalue weighted by atomic mass is 9.79. The number of hydrogen-bond donors (Lipinski definition) is 1. The van der Waals surface area contributed by atoms with E-state index in [1.165, 1.54) is 12.1 Å². The van der Waals surface area contributed by atoms with Crippen molar-refractivity contribution in [2.75, 3.05) is 13.1 Å². The number of nitrogens with zero attached hydrogens (tertiary/aromatic N) is 1. The molecule has 0 aromatic heterocycles. The topological polar surface area (TPSA) is 46.3 Å². The van der Waals surface area contributed by atoms with Crippen molar-refractivity contribution in [2.45, 2.75) is 33.2 Å². The fraction of sp³-hybridized carbons (Fsp3) is 0.533. The predicted molar refractivity (Wildman–Crippen MR) is 85.7 cm³/mol. The summed E-state index contributed by atoms with van der Waals surface area (Å²) in [6.45, 7) is 6.91. The van der Waals surface area contributed by atoms with Crippen molar-refractivity contribution in [1.29, 1.82) is 0 Å². The number of amides is 1. The first-order valence-electron chi connectivity index (χ1n) is 6.73. The quantitative estimate of drug-likeness (QED) is 0.855. The van der Waals surface area contributed by atoms with E-state index in [-0.39, 0.29) is 34.8 Å². The van der Waals surface area contributed by atoms with Crippen molar-refractivity contribution in [3.05, 3.63) is 34.1 Å². The summed E-state index contributed by atoms with van der Waals surface area (Å²) in [7, 11) is 0. The van der Waals surface area contributed by atoms with Crippen LogP contribution in [0.25, 0.3) is 0 Å². The van der Waals surface area contributed by atoms with Crippen LogP contribution < -0.4 is 5.73 Å². The zero-order chi connectivity index (χ0) is 15.1. The van der Waals surface area contributed by atoms with Gasteiger partial charge >= 0.3 is 0 Å². The van der Waals surface area contributed by atoms with Crippen LogP contribution in [-0.2, 0) is 0 Å². The van der Waals surface area contributed by atoms with Gasteiger partial charge in [-0.2, -0.15) is 0 Å². The minimum Gasteiger partial charge on any atom is -0.338 e. The molecule has 1 aliphatic heterocycles. The highest BCUT2D eigenvalue weighted by atomic mass is 35.5. The van der Waals surface area contributed by atoms with E-state index in [2.05, 4.69) is 13.8 Å². The molecule has 0 spiro atoms. The molecule has 1 fully saturated rings. The van der Waals surface area contributed by atoms with Crippen molar-refractivity contribution < 1.29 is 9.18 Å². The molecule has 1 aromatic rings. The van der Waals surface area contributed by atoms with Gasteiger partial charge in [-0.15, -0.1) is 12.4 Å². The Bertz CT molecular complexity index is 549. The SMILES string of the molecule is Cc1cc(C(=O)N2CCC(N)C(C)(C)C2)c(Cl)cc1F.Cl.